The van der Waals surface area contributed by atoms with Crippen LogP contribution in [0.25, 0.3) is 0 Å². The maximum absolute atomic E-state index is 4.37. The molecule has 20 heavy (non-hydrogen) atoms. The zero-order valence-corrected chi connectivity index (χ0v) is 12.2. The van der Waals surface area contributed by atoms with Crippen molar-refractivity contribution in [2.24, 2.45) is 7.05 Å². The molecule has 2 atom stereocenters. The summed E-state index contributed by atoms with van der Waals surface area (Å²) in [6.07, 6.45) is 4.91. The van der Waals surface area contributed by atoms with E-state index < -0.39 is 0 Å². The van der Waals surface area contributed by atoms with Crippen LogP contribution in [0.2, 0.25) is 0 Å². The first-order valence-corrected chi connectivity index (χ1v) is 7.43. The minimum atomic E-state index is 0.452. The SMILES string of the molecule is CCCNC(Cc1ncnn1C)C1Cc2ccccc21. The predicted octanol–water partition coefficient (Wildman–Crippen LogP) is 2.07. The average Bonchev–Trinajstić information content (AvgIpc) is 2.83. The highest BCUT2D eigenvalue weighted by Crippen LogP contribution is 2.38. The summed E-state index contributed by atoms with van der Waals surface area (Å²) in [7, 11) is 1.97. The van der Waals surface area contributed by atoms with Crippen LogP contribution < -0.4 is 5.32 Å². The van der Waals surface area contributed by atoms with E-state index in [9.17, 15) is 0 Å². The van der Waals surface area contributed by atoms with Crippen LogP contribution in [-0.4, -0.2) is 27.4 Å². The third-order valence-electron chi connectivity index (χ3n) is 4.24. The van der Waals surface area contributed by atoms with Gasteiger partial charge in [-0.2, -0.15) is 5.10 Å². The number of aromatic nitrogens is 3. The summed E-state index contributed by atoms with van der Waals surface area (Å²) in [6, 6.07) is 9.23. The van der Waals surface area contributed by atoms with Gasteiger partial charge in [-0.1, -0.05) is 31.2 Å². The molecule has 0 fully saturated rings. The molecule has 1 N–H and O–H groups in total. The number of benzene rings is 1. The topological polar surface area (TPSA) is 42.7 Å². The van der Waals surface area contributed by atoms with E-state index in [0.29, 0.717) is 12.0 Å². The number of hydrogen-bond acceptors (Lipinski definition) is 3. The van der Waals surface area contributed by atoms with Crippen LogP contribution in [0, 0.1) is 0 Å². The van der Waals surface area contributed by atoms with Crippen molar-refractivity contribution in [3.05, 3.63) is 47.5 Å². The third kappa shape index (κ3) is 2.48. The van der Waals surface area contributed by atoms with E-state index in [0.717, 1.165) is 25.2 Å². The number of nitrogens with one attached hydrogen (secondary N) is 1. The molecule has 4 heteroatoms. The first kappa shape index (κ1) is 13.3. The first-order chi connectivity index (χ1) is 9.79. The molecule has 1 aliphatic rings. The van der Waals surface area contributed by atoms with Crippen LogP contribution in [0.3, 0.4) is 0 Å². The normalized spacial score (nSPS) is 18.4. The molecule has 2 unspecified atom stereocenters. The van der Waals surface area contributed by atoms with Gasteiger partial charge in [-0.25, -0.2) is 4.98 Å². The van der Waals surface area contributed by atoms with E-state index in [2.05, 4.69) is 46.6 Å². The molecule has 2 aromatic rings. The van der Waals surface area contributed by atoms with Gasteiger partial charge < -0.3 is 5.32 Å². The van der Waals surface area contributed by atoms with E-state index in [4.69, 9.17) is 0 Å². The second-order valence-electron chi connectivity index (χ2n) is 5.57. The molecule has 0 spiro atoms. The van der Waals surface area contributed by atoms with Crippen LogP contribution in [0.5, 0.6) is 0 Å². The molecule has 3 rings (SSSR count). The molecule has 0 bridgehead atoms. The van der Waals surface area contributed by atoms with Gasteiger partial charge in [0.2, 0.25) is 0 Å². The monoisotopic (exact) mass is 270 g/mol. The number of aryl methyl sites for hydroxylation is 1. The van der Waals surface area contributed by atoms with E-state index in [1.54, 1.807) is 6.33 Å². The molecule has 1 heterocycles. The average molecular weight is 270 g/mol. The molecule has 1 aromatic carbocycles. The van der Waals surface area contributed by atoms with Gasteiger partial charge in [-0.15, -0.1) is 0 Å². The number of hydrogen-bond donors (Lipinski definition) is 1. The van der Waals surface area contributed by atoms with Gasteiger partial charge in [0.25, 0.3) is 0 Å². The number of rotatable bonds is 6. The van der Waals surface area contributed by atoms with Crippen molar-refractivity contribution < 1.29 is 0 Å². The minimum Gasteiger partial charge on any atom is -0.313 e. The smallest absolute Gasteiger partial charge is 0.138 e. The van der Waals surface area contributed by atoms with E-state index in [-0.39, 0.29) is 0 Å². The van der Waals surface area contributed by atoms with Gasteiger partial charge in [0, 0.05) is 25.4 Å². The maximum atomic E-state index is 4.37. The highest BCUT2D eigenvalue weighted by atomic mass is 15.3. The summed E-state index contributed by atoms with van der Waals surface area (Å²) in [6.45, 7) is 3.27. The molecule has 1 aliphatic carbocycles. The summed E-state index contributed by atoms with van der Waals surface area (Å²) in [4.78, 5) is 4.37. The summed E-state index contributed by atoms with van der Waals surface area (Å²) >= 11 is 0. The third-order valence-corrected chi connectivity index (χ3v) is 4.24. The largest absolute Gasteiger partial charge is 0.313 e. The van der Waals surface area contributed by atoms with Crippen LogP contribution >= 0.6 is 0 Å². The molecule has 0 saturated heterocycles. The Morgan fingerprint density at radius 2 is 2.25 bits per heavy atom. The lowest BCUT2D eigenvalue weighted by molar-refractivity contribution is 0.387. The second kappa shape index (κ2) is 5.75. The Hall–Kier alpha value is -1.68. The molecule has 0 radical (unpaired) electrons. The quantitative estimate of drug-likeness (QED) is 0.874. The summed E-state index contributed by atoms with van der Waals surface area (Å²) in [5.74, 6) is 1.66. The van der Waals surface area contributed by atoms with Gasteiger partial charge in [-0.3, -0.25) is 4.68 Å². The lowest BCUT2D eigenvalue weighted by Crippen LogP contribution is -2.42. The fourth-order valence-corrected chi connectivity index (χ4v) is 3.04. The zero-order chi connectivity index (χ0) is 13.9. The Kier molecular flexibility index (Phi) is 3.83. The maximum Gasteiger partial charge on any atom is 0.138 e. The van der Waals surface area contributed by atoms with Crippen LogP contribution in [0.15, 0.2) is 30.6 Å². The lowest BCUT2D eigenvalue weighted by atomic mass is 9.72. The summed E-state index contributed by atoms with van der Waals surface area (Å²) in [5, 5.41) is 7.87. The van der Waals surface area contributed by atoms with Crippen molar-refractivity contribution in [2.45, 2.75) is 38.1 Å². The van der Waals surface area contributed by atoms with Crippen molar-refractivity contribution in [1.82, 2.24) is 20.1 Å². The lowest BCUT2D eigenvalue weighted by Gasteiger charge is -2.37. The van der Waals surface area contributed by atoms with Crippen LogP contribution in [0.1, 0.15) is 36.2 Å². The molecular formula is C16H22N4. The van der Waals surface area contributed by atoms with Gasteiger partial charge >= 0.3 is 0 Å². The highest BCUT2D eigenvalue weighted by molar-refractivity contribution is 5.41. The van der Waals surface area contributed by atoms with Gasteiger partial charge in [-0.05, 0) is 30.5 Å². The van der Waals surface area contributed by atoms with Crippen molar-refractivity contribution in [3.8, 4) is 0 Å². The first-order valence-electron chi connectivity index (χ1n) is 7.43. The standard InChI is InChI=1S/C16H22N4/c1-3-8-17-15(10-16-18-11-19-20(16)2)14-9-12-6-4-5-7-13(12)14/h4-7,11,14-15,17H,3,8-10H2,1-2H3. The molecule has 4 nitrogen and oxygen atoms in total. The van der Waals surface area contributed by atoms with E-state index in [1.165, 1.54) is 17.5 Å². The Morgan fingerprint density at radius 3 is 2.95 bits per heavy atom. The van der Waals surface area contributed by atoms with Gasteiger partial charge in [0.15, 0.2) is 0 Å². The Morgan fingerprint density at radius 1 is 1.40 bits per heavy atom. The fourth-order valence-electron chi connectivity index (χ4n) is 3.04. The predicted molar refractivity (Wildman–Crippen MR) is 79.7 cm³/mol. The van der Waals surface area contributed by atoms with Crippen molar-refractivity contribution in [3.63, 3.8) is 0 Å². The van der Waals surface area contributed by atoms with Gasteiger partial charge in [0.05, 0.1) is 0 Å². The second-order valence-corrected chi connectivity index (χ2v) is 5.57. The van der Waals surface area contributed by atoms with Gasteiger partial charge in [0.1, 0.15) is 12.2 Å². The Bertz CT molecular complexity index is 575. The molecule has 1 aromatic heterocycles. The zero-order valence-electron chi connectivity index (χ0n) is 12.2. The van der Waals surface area contributed by atoms with Crippen molar-refractivity contribution >= 4 is 0 Å². The molecular weight excluding hydrogens is 248 g/mol. The molecule has 0 aliphatic heterocycles. The highest BCUT2D eigenvalue weighted by Gasteiger charge is 2.33. The molecule has 0 saturated carbocycles. The summed E-state index contributed by atoms with van der Waals surface area (Å²) < 4.78 is 1.88. The number of fused-ring (bicyclic) bond motifs is 1. The van der Waals surface area contributed by atoms with E-state index in [1.807, 2.05) is 11.7 Å². The molecule has 0 amide bonds. The van der Waals surface area contributed by atoms with Crippen molar-refractivity contribution in [1.29, 1.82) is 0 Å². The Balaban J connectivity index is 1.76. The Labute approximate surface area is 120 Å². The van der Waals surface area contributed by atoms with E-state index >= 15 is 0 Å². The van der Waals surface area contributed by atoms with Crippen molar-refractivity contribution in [2.75, 3.05) is 6.54 Å². The fraction of sp³-hybridized carbons (Fsp3) is 0.500. The summed E-state index contributed by atoms with van der Waals surface area (Å²) in [5.41, 5.74) is 3.00. The minimum absolute atomic E-state index is 0.452. The number of nitrogens with zero attached hydrogens (tertiary/aromatic N) is 3. The van der Waals surface area contributed by atoms with Crippen LogP contribution in [0.4, 0.5) is 0 Å². The molecule has 106 valence electrons. The van der Waals surface area contributed by atoms with Crippen LogP contribution in [-0.2, 0) is 19.9 Å².